The minimum absolute atomic E-state index is 0.0358. The monoisotopic (exact) mass is 400 g/mol. The number of amides is 1. The summed E-state index contributed by atoms with van der Waals surface area (Å²) in [6.45, 7) is 0. The average Bonchev–Trinajstić information content (AvgIpc) is 2.96. The van der Waals surface area contributed by atoms with Gasteiger partial charge in [0, 0.05) is 12.5 Å². The van der Waals surface area contributed by atoms with Crippen molar-refractivity contribution in [1.82, 2.24) is 4.98 Å². The van der Waals surface area contributed by atoms with Crippen molar-refractivity contribution in [2.45, 2.75) is 11.3 Å². The Morgan fingerprint density at radius 2 is 1.77 bits per heavy atom. The van der Waals surface area contributed by atoms with Crippen LogP contribution in [-0.2, 0) is 14.6 Å². The van der Waals surface area contributed by atoms with E-state index in [2.05, 4.69) is 10.3 Å². The maximum atomic E-state index is 13.6. The molecule has 2 aromatic carbocycles. The highest BCUT2D eigenvalue weighted by Gasteiger charge is 2.18. The molecule has 0 atom stereocenters. The quantitative estimate of drug-likeness (QED) is 0.665. The Kier molecular flexibility index (Phi) is 4.97. The average molecular weight is 400 g/mol. The van der Waals surface area contributed by atoms with Gasteiger partial charge in [0.1, 0.15) is 17.2 Å². The number of hydrogen-bond acceptors (Lipinski definition) is 5. The van der Waals surface area contributed by atoms with Gasteiger partial charge in [0.15, 0.2) is 20.8 Å². The van der Waals surface area contributed by atoms with Gasteiger partial charge in [-0.25, -0.2) is 26.6 Å². The lowest BCUT2D eigenvalue weighted by molar-refractivity contribution is -0.115. The number of nitrogens with one attached hydrogen (secondary N) is 1. The molecule has 3 aromatic rings. The standard InChI is InChI=1S/C16H11F3N2O3S2/c17-9-1-3-11(4-2-9)26(23,24)6-5-14(22)20-16-21-15-12(19)7-10(18)8-13(15)25-16/h1-4,7-8H,5-6H2,(H,20,21,22). The molecule has 1 N–H and O–H groups in total. The van der Waals surface area contributed by atoms with E-state index in [0.29, 0.717) is 6.07 Å². The largest absolute Gasteiger partial charge is 0.302 e. The van der Waals surface area contributed by atoms with Crippen LogP contribution in [0.3, 0.4) is 0 Å². The number of aromatic nitrogens is 1. The number of nitrogens with zero attached hydrogens (tertiary/aromatic N) is 1. The Morgan fingerprint density at radius 3 is 2.46 bits per heavy atom. The van der Waals surface area contributed by atoms with Crippen LogP contribution in [0.15, 0.2) is 41.3 Å². The molecule has 5 nitrogen and oxygen atoms in total. The van der Waals surface area contributed by atoms with Crippen LogP contribution in [0.4, 0.5) is 18.3 Å². The molecule has 136 valence electrons. The number of hydrogen-bond donors (Lipinski definition) is 1. The van der Waals surface area contributed by atoms with Crippen LogP contribution < -0.4 is 5.32 Å². The van der Waals surface area contributed by atoms with Crippen molar-refractivity contribution >= 4 is 42.4 Å². The number of benzene rings is 2. The predicted molar refractivity (Wildman–Crippen MR) is 91.2 cm³/mol. The van der Waals surface area contributed by atoms with E-state index in [-0.39, 0.29) is 26.7 Å². The molecule has 0 spiro atoms. The third-order valence-electron chi connectivity index (χ3n) is 3.43. The van der Waals surface area contributed by atoms with E-state index in [4.69, 9.17) is 0 Å². The van der Waals surface area contributed by atoms with Crippen molar-refractivity contribution in [3.8, 4) is 0 Å². The van der Waals surface area contributed by atoms with Gasteiger partial charge in [-0.3, -0.25) is 4.79 Å². The van der Waals surface area contributed by atoms with Gasteiger partial charge in [-0.2, -0.15) is 0 Å². The van der Waals surface area contributed by atoms with Gasteiger partial charge in [0.25, 0.3) is 0 Å². The van der Waals surface area contributed by atoms with E-state index in [1.54, 1.807) is 0 Å². The highest BCUT2D eigenvalue weighted by molar-refractivity contribution is 7.91. The van der Waals surface area contributed by atoms with Crippen LogP contribution in [-0.4, -0.2) is 25.1 Å². The maximum Gasteiger partial charge on any atom is 0.227 e. The number of halogens is 3. The molecule has 0 aliphatic rings. The zero-order chi connectivity index (χ0) is 18.9. The van der Waals surface area contributed by atoms with E-state index >= 15 is 0 Å². The van der Waals surface area contributed by atoms with Gasteiger partial charge in [0.05, 0.1) is 15.3 Å². The molecule has 3 rings (SSSR count). The Balaban J connectivity index is 1.67. The molecule has 0 aliphatic carbocycles. The molecule has 26 heavy (non-hydrogen) atoms. The van der Waals surface area contributed by atoms with E-state index in [1.807, 2.05) is 0 Å². The summed E-state index contributed by atoms with van der Waals surface area (Å²) >= 11 is 0.871. The van der Waals surface area contributed by atoms with E-state index < -0.39 is 38.9 Å². The normalized spacial score (nSPS) is 11.7. The second-order valence-corrected chi connectivity index (χ2v) is 8.46. The Morgan fingerprint density at radius 1 is 1.08 bits per heavy atom. The maximum absolute atomic E-state index is 13.6. The number of rotatable bonds is 5. The molecular weight excluding hydrogens is 389 g/mol. The number of anilines is 1. The van der Waals surface area contributed by atoms with Crippen LogP contribution >= 0.6 is 11.3 Å². The van der Waals surface area contributed by atoms with E-state index in [0.717, 1.165) is 41.7 Å². The van der Waals surface area contributed by atoms with E-state index in [9.17, 15) is 26.4 Å². The number of carbonyl (C=O) groups excluding carboxylic acids is 1. The third-order valence-corrected chi connectivity index (χ3v) is 6.08. The lowest BCUT2D eigenvalue weighted by Crippen LogP contribution is -2.17. The fourth-order valence-corrected chi connectivity index (χ4v) is 4.34. The van der Waals surface area contributed by atoms with Gasteiger partial charge < -0.3 is 5.32 Å². The topological polar surface area (TPSA) is 76.1 Å². The highest BCUT2D eigenvalue weighted by Crippen LogP contribution is 2.28. The summed E-state index contributed by atoms with van der Waals surface area (Å²) in [5.41, 5.74) is -0.0781. The lowest BCUT2D eigenvalue weighted by atomic mass is 10.3. The van der Waals surface area contributed by atoms with E-state index in [1.165, 1.54) is 0 Å². The highest BCUT2D eigenvalue weighted by atomic mass is 32.2. The number of sulfone groups is 1. The first kappa shape index (κ1) is 18.3. The van der Waals surface area contributed by atoms with Gasteiger partial charge in [-0.1, -0.05) is 11.3 Å². The first-order chi connectivity index (χ1) is 12.2. The summed E-state index contributed by atoms with van der Waals surface area (Å²) in [6, 6.07) is 6.04. The minimum Gasteiger partial charge on any atom is -0.302 e. The molecule has 10 heteroatoms. The zero-order valence-electron chi connectivity index (χ0n) is 13.0. The summed E-state index contributed by atoms with van der Waals surface area (Å²) in [4.78, 5) is 15.7. The molecular formula is C16H11F3N2O3S2. The van der Waals surface area contributed by atoms with Crippen molar-refractivity contribution in [2.75, 3.05) is 11.1 Å². The van der Waals surface area contributed by atoms with Gasteiger partial charge >= 0.3 is 0 Å². The van der Waals surface area contributed by atoms with Crippen molar-refractivity contribution < 1.29 is 26.4 Å². The molecule has 0 saturated carbocycles. The van der Waals surface area contributed by atoms with Crippen molar-refractivity contribution in [2.24, 2.45) is 0 Å². The van der Waals surface area contributed by atoms with Crippen LogP contribution in [0.5, 0.6) is 0 Å². The molecule has 0 unspecified atom stereocenters. The summed E-state index contributed by atoms with van der Waals surface area (Å²) < 4.78 is 64.1. The molecule has 0 aliphatic heterocycles. The Hall–Kier alpha value is -2.46. The number of fused-ring (bicyclic) bond motifs is 1. The first-order valence-electron chi connectivity index (χ1n) is 7.28. The molecule has 0 fully saturated rings. The number of thiazole rings is 1. The molecule has 1 amide bonds. The summed E-state index contributed by atoms with van der Waals surface area (Å²) in [6.07, 6.45) is -0.369. The zero-order valence-corrected chi connectivity index (χ0v) is 14.6. The van der Waals surface area contributed by atoms with Gasteiger partial charge in [-0.05, 0) is 30.3 Å². The third kappa shape index (κ3) is 4.02. The molecule has 0 bridgehead atoms. The van der Waals surface area contributed by atoms with Gasteiger partial charge in [0.2, 0.25) is 5.91 Å². The summed E-state index contributed by atoms with van der Waals surface area (Å²) in [7, 11) is -3.76. The van der Waals surface area contributed by atoms with Crippen LogP contribution in [0, 0.1) is 17.5 Å². The minimum atomic E-state index is -3.76. The lowest BCUT2D eigenvalue weighted by Gasteiger charge is -2.04. The summed E-state index contributed by atoms with van der Waals surface area (Å²) in [5.74, 6) is -3.31. The van der Waals surface area contributed by atoms with Crippen molar-refractivity contribution in [1.29, 1.82) is 0 Å². The first-order valence-corrected chi connectivity index (χ1v) is 9.75. The smallest absolute Gasteiger partial charge is 0.227 e. The SMILES string of the molecule is O=C(CCS(=O)(=O)c1ccc(F)cc1)Nc1nc2c(F)cc(F)cc2s1. The predicted octanol–water partition coefficient (Wildman–Crippen LogP) is 3.52. The van der Waals surface area contributed by atoms with Crippen molar-refractivity contribution in [3.05, 3.63) is 53.8 Å². The molecule has 0 saturated heterocycles. The fourth-order valence-electron chi connectivity index (χ4n) is 2.18. The van der Waals surface area contributed by atoms with Crippen LogP contribution in [0.2, 0.25) is 0 Å². The summed E-state index contributed by atoms with van der Waals surface area (Å²) in [5, 5.41) is 2.40. The Bertz CT molecular complexity index is 1080. The second kappa shape index (κ2) is 7.04. The van der Waals surface area contributed by atoms with Gasteiger partial charge in [-0.15, -0.1) is 0 Å². The second-order valence-electron chi connectivity index (χ2n) is 5.32. The molecule has 0 radical (unpaired) electrons. The van der Waals surface area contributed by atoms with Crippen molar-refractivity contribution in [3.63, 3.8) is 0 Å². The fraction of sp³-hybridized carbons (Fsp3) is 0.125. The molecule has 1 aromatic heterocycles. The van der Waals surface area contributed by atoms with Crippen LogP contribution in [0.1, 0.15) is 6.42 Å². The van der Waals surface area contributed by atoms with Crippen LogP contribution in [0.25, 0.3) is 10.2 Å². The molecule has 1 heterocycles. The Labute approximate surface area is 150 Å². The number of carbonyl (C=O) groups is 1.